The lowest BCUT2D eigenvalue weighted by molar-refractivity contribution is 0.102. The minimum absolute atomic E-state index is 0.00281. The number of halogens is 1. The molecule has 0 aliphatic carbocycles. The maximum Gasteiger partial charge on any atom is 0.258 e. The number of carbonyl (C=O) groups excluding carboxylic acids is 1. The monoisotopic (exact) mass is 418 g/mol. The van der Waals surface area contributed by atoms with E-state index in [4.69, 9.17) is 9.26 Å². The van der Waals surface area contributed by atoms with Gasteiger partial charge >= 0.3 is 0 Å². The molecule has 1 heterocycles. The fourth-order valence-electron chi connectivity index (χ4n) is 2.10. The van der Waals surface area contributed by atoms with Gasteiger partial charge in [0, 0.05) is 15.6 Å². The van der Waals surface area contributed by atoms with Crippen molar-refractivity contribution in [2.75, 3.05) is 12.4 Å². The molecule has 25 heavy (non-hydrogen) atoms. The van der Waals surface area contributed by atoms with Crippen LogP contribution in [-0.2, 0) is 0 Å². The van der Waals surface area contributed by atoms with Crippen molar-refractivity contribution < 1.29 is 14.1 Å². The zero-order valence-corrected chi connectivity index (χ0v) is 15.8. The minimum atomic E-state index is 0.00281. The van der Waals surface area contributed by atoms with E-state index in [1.165, 1.54) is 11.8 Å². The lowest BCUT2D eigenvalue weighted by atomic mass is 10.1. The van der Waals surface area contributed by atoms with Crippen LogP contribution < -0.4 is 4.74 Å². The molecule has 0 bridgehead atoms. The number of rotatable bonds is 7. The molecule has 0 spiro atoms. The fraction of sp³-hybridized carbons (Fsp3) is 0.167. The predicted molar refractivity (Wildman–Crippen MR) is 100 cm³/mol. The van der Waals surface area contributed by atoms with Gasteiger partial charge in [0.25, 0.3) is 5.89 Å². The summed E-state index contributed by atoms with van der Waals surface area (Å²) in [4.78, 5) is 16.6. The lowest BCUT2D eigenvalue weighted by Gasteiger charge is -2.03. The van der Waals surface area contributed by atoms with Crippen molar-refractivity contribution in [1.29, 1.82) is 0 Å². The Bertz CT molecular complexity index is 848. The Balaban J connectivity index is 1.60. The number of ether oxygens (including phenoxy) is 1. The van der Waals surface area contributed by atoms with Gasteiger partial charge in [-0.3, -0.25) is 4.79 Å². The normalized spacial score (nSPS) is 10.6. The van der Waals surface area contributed by atoms with Crippen LogP contribution >= 0.6 is 27.7 Å². The second-order valence-electron chi connectivity index (χ2n) is 5.06. The third-order valence-electron chi connectivity index (χ3n) is 3.32. The van der Waals surface area contributed by atoms with Crippen molar-refractivity contribution in [1.82, 2.24) is 10.1 Å². The average molecular weight is 419 g/mol. The zero-order chi connectivity index (χ0) is 17.6. The highest BCUT2D eigenvalue weighted by atomic mass is 79.9. The van der Waals surface area contributed by atoms with Gasteiger partial charge in [0.2, 0.25) is 5.16 Å². The zero-order valence-electron chi connectivity index (χ0n) is 13.4. The summed E-state index contributed by atoms with van der Waals surface area (Å²) in [6.07, 6.45) is 0. The number of carbonyl (C=O) groups is 1. The highest BCUT2D eigenvalue weighted by molar-refractivity contribution is 9.10. The van der Waals surface area contributed by atoms with Gasteiger partial charge in [-0.2, -0.15) is 4.98 Å². The van der Waals surface area contributed by atoms with Crippen LogP contribution in [0.15, 0.2) is 62.7 Å². The first-order valence-electron chi connectivity index (χ1n) is 7.64. The third-order valence-corrected chi connectivity index (χ3v) is 4.68. The van der Waals surface area contributed by atoms with E-state index < -0.39 is 0 Å². The summed E-state index contributed by atoms with van der Waals surface area (Å²) in [6, 6.07) is 14.7. The van der Waals surface area contributed by atoms with Crippen LogP contribution in [0.3, 0.4) is 0 Å². The van der Waals surface area contributed by atoms with E-state index in [-0.39, 0.29) is 11.5 Å². The molecule has 0 radical (unpaired) electrons. The Kier molecular flexibility index (Phi) is 5.88. The molecule has 2 aromatic carbocycles. The molecule has 1 aromatic heterocycles. The molecule has 0 saturated carbocycles. The highest BCUT2D eigenvalue weighted by Crippen LogP contribution is 2.24. The van der Waals surface area contributed by atoms with Crippen LogP contribution in [0, 0.1) is 0 Å². The molecule has 7 heteroatoms. The van der Waals surface area contributed by atoms with E-state index in [0.717, 1.165) is 15.8 Å². The molecule has 3 rings (SSSR count). The van der Waals surface area contributed by atoms with Crippen LogP contribution in [-0.4, -0.2) is 28.3 Å². The molecular formula is C18H15BrN2O3S. The van der Waals surface area contributed by atoms with Gasteiger partial charge in [0.15, 0.2) is 5.78 Å². The first-order valence-corrected chi connectivity index (χ1v) is 9.42. The quantitative estimate of drug-likeness (QED) is 0.402. The molecule has 5 nitrogen and oxygen atoms in total. The molecule has 0 amide bonds. The Morgan fingerprint density at radius 2 is 1.88 bits per heavy atom. The van der Waals surface area contributed by atoms with Gasteiger partial charge in [0.05, 0.1) is 12.4 Å². The Morgan fingerprint density at radius 3 is 2.56 bits per heavy atom. The van der Waals surface area contributed by atoms with Crippen LogP contribution in [0.4, 0.5) is 0 Å². The molecule has 0 saturated heterocycles. The van der Waals surface area contributed by atoms with Crippen LogP contribution in [0.2, 0.25) is 0 Å². The van der Waals surface area contributed by atoms with Gasteiger partial charge in [-0.05, 0) is 60.6 Å². The number of hydrogen-bond acceptors (Lipinski definition) is 6. The summed E-state index contributed by atoms with van der Waals surface area (Å²) in [5, 5.41) is 4.35. The van der Waals surface area contributed by atoms with Gasteiger partial charge < -0.3 is 9.26 Å². The second-order valence-corrected chi connectivity index (χ2v) is 6.92. The molecule has 0 aliphatic rings. The summed E-state index contributed by atoms with van der Waals surface area (Å²) >= 11 is 4.63. The van der Waals surface area contributed by atoms with E-state index in [1.807, 2.05) is 31.2 Å². The molecule has 3 aromatic rings. The number of ketones is 1. The Morgan fingerprint density at radius 1 is 1.16 bits per heavy atom. The number of hydrogen-bond donors (Lipinski definition) is 0. The number of aromatic nitrogens is 2. The maximum absolute atomic E-state index is 12.2. The summed E-state index contributed by atoms with van der Waals surface area (Å²) in [5.41, 5.74) is 1.47. The topological polar surface area (TPSA) is 65.2 Å². The van der Waals surface area contributed by atoms with Crippen molar-refractivity contribution in [3.8, 4) is 17.2 Å². The van der Waals surface area contributed by atoms with Crippen molar-refractivity contribution in [3.05, 3.63) is 58.6 Å². The Hall–Kier alpha value is -2.12. The summed E-state index contributed by atoms with van der Waals surface area (Å²) in [7, 11) is 0. The number of Topliss-reactive ketones (excluding diaryl/α,β-unsaturated/α-hetero) is 1. The molecule has 0 N–H and O–H groups in total. The van der Waals surface area contributed by atoms with Crippen LogP contribution in [0.5, 0.6) is 5.75 Å². The van der Waals surface area contributed by atoms with Crippen molar-refractivity contribution in [3.63, 3.8) is 0 Å². The molecule has 0 atom stereocenters. The van der Waals surface area contributed by atoms with Crippen LogP contribution in [0.1, 0.15) is 17.3 Å². The molecule has 0 fully saturated rings. The first-order chi connectivity index (χ1) is 12.2. The summed E-state index contributed by atoms with van der Waals surface area (Å²) < 4.78 is 11.6. The van der Waals surface area contributed by atoms with Gasteiger partial charge in [0.1, 0.15) is 5.75 Å². The molecule has 0 aliphatic heterocycles. The largest absolute Gasteiger partial charge is 0.494 e. The first kappa shape index (κ1) is 17.7. The smallest absolute Gasteiger partial charge is 0.258 e. The van der Waals surface area contributed by atoms with Gasteiger partial charge in [-0.15, -0.1) is 0 Å². The second kappa shape index (κ2) is 8.31. The van der Waals surface area contributed by atoms with Crippen molar-refractivity contribution in [2.24, 2.45) is 0 Å². The molecule has 0 unspecified atom stereocenters. The number of nitrogens with zero attached hydrogens (tertiary/aromatic N) is 2. The minimum Gasteiger partial charge on any atom is -0.494 e. The third kappa shape index (κ3) is 4.70. The number of benzene rings is 2. The van der Waals surface area contributed by atoms with E-state index in [2.05, 4.69) is 26.1 Å². The average Bonchev–Trinajstić information content (AvgIpc) is 3.10. The van der Waals surface area contributed by atoms with Gasteiger partial charge in [-0.1, -0.05) is 27.7 Å². The highest BCUT2D eigenvalue weighted by Gasteiger charge is 2.12. The SMILES string of the molecule is CCOc1ccc(C(=O)CSc2noc(-c3ccc(Br)cc3)n2)cc1. The van der Waals surface area contributed by atoms with E-state index >= 15 is 0 Å². The number of thioether (sulfide) groups is 1. The fourth-order valence-corrected chi connectivity index (χ4v) is 3.02. The van der Waals surface area contributed by atoms with E-state index in [9.17, 15) is 4.79 Å². The van der Waals surface area contributed by atoms with E-state index in [0.29, 0.717) is 23.2 Å². The van der Waals surface area contributed by atoms with Crippen LogP contribution in [0.25, 0.3) is 11.5 Å². The maximum atomic E-state index is 12.2. The molecular weight excluding hydrogens is 404 g/mol. The van der Waals surface area contributed by atoms with E-state index in [1.54, 1.807) is 24.3 Å². The van der Waals surface area contributed by atoms with Crippen molar-refractivity contribution >= 4 is 33.5 Å². The van der Waals surface area contributed by atoms with Crippen molar-refractivity contribution in [2.45, 2.75) is 12.1 Å². The lowest BCUT2D eigenvalue weighted by Crippen LogP contribution is -2.02. The Labute approximate surface area is 157 Å². The summed E-state index contributed by atoms with van der Waals surface area (Å²) in [5.74, 6) is 1.43. The standard InChI is InChI=1S/C18H15BrN2O3S/c1-2-23-15-9-5-12(6-10-15)16(22)11-25-18-20-17(24-21-18)13-3-7-14(19)8-4-13/h3-10H,2,11H2,1H3. The summed E-state index contributed by atoms with van der Waals surface area (Å²) in [6.45, 7) is 2.52. The predicted octanol–water partition coefficient (Wildman–Crippen LogP) is 4.87. The molecule has 128 valence electrons. The van der Waals surface area contributed by atoms with Gasteiger partial charge in [-0.25, -0.2) is 0 Å².